The Kier molecular flexibility index (Phi) is 6.45. The number of fused-ring (bicyclic) bond motifs is 1. The lowest BCUT2D eigenvalue weighted by atomic mass is 10.1. The molecule has 1 fully saturated rings. The quantitative estimate of drug-likeness (QED) is 0.612. The molecule has 3 aromatic rings. The molecule has 1 atom stereocenters. The molecule has 1 heterocycles. The van der Waals surface area contributed by atoms with Crippen molar-refractivity contribution in [3.63, 3.8) is 0 Å². The number of benzene rings is 3. The van der Waals surface area contributed by atoms with Crippen LogP contribution in [0.25, 0.3) is 16.8 Å². The lowest BCUT2D eigenvalue weighted by Crippen LogP contribution is -2.51. The molecule has 0 radical (unpaired) electrons. The fourth-order valence-corrected chi connectivity index (χ4v) is 3.85. The molecule has 4 rings (SSSR count). The van der Waals surface area contributed by atoms with E-state index in [9.17, 15) is 4.79 Å². The van der Waals surface area contributed by atoms with Crippen molar-refractivity contribution >= 4 is 22.8 Å². The van der Waals surface area contributed by atoms with Crippen molar-refractivity contribution in [2.45, 2.75) is 13.0 Å². The van der Waals surface area contributed by atoms with Crippen LogP contribution in [0.2, 0.25) is 0 Å². The van der Waals surface area contributed by atoms with Crippen molar-refractivity contribution in [2.75, 3.05) is 32.7 Å². The molecular weight excluding hydrogens is 372 g/mol. The van der Waals surface area contributed by atoms with Gasteiger partial charge in [0.25, 0.3) is 5.91 Å². The molecule has 0 bridgehead atoms. The first-order chi connectivity index (χ1) is 14.7. The maximum atomic E-state index is 12.9. The predicted octanol–water partition coefficient (Wildman–Crippen LogP) is 4.46. The van der Waals surface area contributed by atoms with Gasteiger partial charge in [0.15, 0.2) is 6.10 Å². The van der Waals surface area contributed by atoms with E-state index in [0.29, 0.717) is 0 Å². The van der Waals surface area contributed by atoms with Gasteiger partial charge in [0, 0.05) is 38.1 Å². The van der Waals surface area contributed by atoms with Crippen LogP contribution in [-0.4, -0.2) is 54.5 Å². The smallest absolute Gasteiger partial charge is 0.263 e. The molecule has 4 nitrogen and oxygen atoms in total. The minimum Gasteiger partial charge on any atom is -0.480 e. The van der Waals surface area contributed by atoms with E-state index in [1.54, 1.807) is 0 Å². The Hall–Kier alpha value is -3.11. The molecule has 0 unspecified atom stereocenters. The second-order valence-electron chi connectivity index (χ2n) is 7.68. The van der Waals surface area contributed by atoms with Gasteiger partial charge in [-0.3, -0.25) is 9.69 Å². The first kappa shape index (κ1) is 20.2. The van der Waals surface area contributed by atoms with Crippen molar-refractivity contribution in [1.82, 2.24) is 9.80 Å². The van der Waals surface area contributed by atoms with Gasteiger partial charge in [0.05, 0.1) is 0 Å². The largest absolute Gasteiger partial charge is 0.480 e. The molecular formula is C26H28N2O2. The summed E-state index contributed by atoms with van der Waals surface area (Å²) in [6.45, 7) is 5.98. The van der Waals surface area contributed by atoms with Crippen LogP contribution in [0.3, 0.4) is 0 Å². The standard InChI is InChI=1S/C26H28N2O2/c1-21(30-25-15-7-13-23-12-5-6-14-24(23)25)26(29)28-19-17-27(18-20-28)16-8-11-22-9-3-2-4-10-22/h2-15,21H,16-20H2,1H3/b11-8+/t21-/m0/s1. The second kappa shape index (κ2) is 9.59. The predicted molar refractivity (Wildman–Crippen MR) is 123 cm³/mol. The zero-order chi connectivity index (χ0) is 20.8. The van der Waals surface area contributed by atoms with Crippen molar-refractivity contribution in [2.24, 2.45) is 0 Å². The van der Waals surface area contributed by atoms with Gasteiger partial charge < -0.3 is 9.64 Å². The van der Waals surface area contributed by atoms with Crippen LogP contribution >= 0.6 is 0 Å². The number of hydrogen-bond donors (Lipinski definition) is 0. The zero-order valence-electron chi connectivity index (χ0n) is 17.4. The topological polar surface area (TPSA) is 32.8 Å². The summed E-state index contributed by atoms with van der Waals surface area (Å²) in [5.41, 5.74) is 1.21. The van der Waals surface area contributed by atoms with Crippen LogP contribution in [0.1, 0.15) is 12.5 Å². The Morgan fingerprint density at radius 1 is 0.933 bits per heavy atom. The van der Waals surface area contributed by atoms with Crippen LogP contribution < -0.4 is 4.74 Å². The molecule has 1 aliphatic rings. The highest BCUT2D eigenvalue weighted by Gasteiger charge is 2.26. The van der Waals surface area contributed by atoms with Gasteiger partial charge in [0.1, 0.15) is 5.75 Å². The summed E-state index contributed by atoms with van der Waals surface area (Å²) in [5, 5.41) is 2.15. The van der Waals surface area contributed by atoms with Gasteiger partial charge in [-0.15, -0.1) is 0 Å². The molecule has 154 valence electrons. The van der Waals surface area contributed by atoms with E-state index in [-0.39, 0.29) is 5.91 Å². The SMILES string of the molecule is C[C@H](Oc1cccc2ccccc12)C(=O)N1CCN(C/C=C/c2ccccc2)CC1. The van der Waals surface area contributed by atoms with E-state index in [2.05, 4.69) is 41.3 Å². The van der Waals surface area contributed by atoms with Crippen LogP contribution in [0.4, 0.5) is 0 Å². The fourth-order valence-electron chi connectivity index (χ4n) is 3.85. The number of carbonyl (C=O) groups excluding carboxylic acids is 1. The average Bonchev–Trinajstić information content (AvgIpc) is 2.80. The molecule has 30 heavy (non-hydrogen) atoms. The first-order valence-corrected chi connectivity index (χ1v) is 10.6. The van der Waals surface area contributed by atoms with Crippen molar-refractivity contribution in [1.29, 1.82) is 0 Å². The summed E-state index contributed by atoms with van der Waals surface area (Å²) in [4.78, 5) is 17.2. The number of nitrogens with zero attached hydrogens (tertiary/aromatic N) is 2. The Balaban J connectivity index is 1.29. The molecule has 0 saturated carbocycles. The normalized spacial score (nSPS) is 16.1. The average molecular weight is 401 g/mol. The van der Waals surface area contributed by atoms with Crippen LogP contribution in [0.5, 0.6) is 5.75 Å². The lowest BCUT2D eigenvalue weighted by molar-refractivity contribution is -0.139. The number of carbonyl (C=O) groups is 1. The number of hydrogen-bond acceptors (Lipinski definition) is 3. The Bertz CT molecular complexity index is 1000. The third kappa shape index (κ3) is 4.89. The minimum absolute atomic E-state index is 0.0578. The Morgan fingerprint density at radius 3 is 2.43 bits per heavy atom. The van der Waals surface area contributed by atoms with E-state index < -0.39 is 6.10 Å². The zero-order valence-corrected chi connectivity index (χ0v) is 17.4. The maximum absolute atomic E-state index is 12.9. The molecule has 0 aromatic heterocycles. The van der Waals surface area contributed by atoms with Crippen molar-refractivity contribution < 1.29 is 9.53 Å². The van der Waals surface area contributed by atoms with E-state index in [0.717, 1.165) is 49.2 Å². The van der Waals surface area contributed by atoms with E-state index in [1.807, 2.05) is 60.4 Å². The minimum atomic E-state index is -0.500. The van der Waals surface area contributed by atoms with E-state index in [1.165, 1.54) is 5.56 Å². The highest BCUT2D eigenvalue weighted by Crippen LogP contribution is 2.26. The van der Waals surface area contributed by atoms with Gasteiger partial charge in [-0.1, -0.05) is 78.9 Å². The van der Waals surface area contributed by atoms with E-state index >= 15 is 0 Å². The molecule has 0 spiro atoms. The summed E-state index contributed by atoms with van der Waals surface area (Å²) in [6.07, 6.45) is 3.84. The van der Waals surface area contributed by atoms with E-state index in [4.69, 9.17) is 4.74 Å². The van der Waals surface area contributed by atoms with Gasteiger partial charge in [-0.25, -0.2) is 0 Å². The molecule has 3 aromatic carbocycles. The molecule has 0 N–H and O–H groups in total. The highest BCUT2D eigenvalue weighted by molar-refractivity contribution is 5.89. The van der Waals surface area contributed by atoms with Gasteiger partial charge in [-0.05, 0) is 23.9 Å². The molecule has 4 heteroatoms. The summed E-state index contributed by atoms with van der Waals surface area (Å²) >= 11 is 0. The Morgan fingerprint density at radius 2 is 1.63 bits per heavy atom. The third-order valence-electron chi connectivity index (χ3n) is 5.56. The third-order valence-corrected chi connectivity index (χ3v) is 5.56. The van der Waals surface area contributed by atoms with Gasteiger partial charge in [-0.2, -0.15) is 0 Å². The lowest BCUT2D eigenvalue weighted by Gasteiger charge is -2.35. The number of ether oxygens (including phenoxy) is 1. The van der Waals surface area contributed by atoms with Gasteiger partial charge in [0.2, 0.25) is 0 Å². The summed E-state index contributed by atoms with van der Waals surface area (Å²) in [6, 6.07) is 24.4. The van der Waals surface area contributed by atoms with Gasteiger partial charge >= 0.3 is 0 Å². The summed E-state index contributed by atoms with van der Waals surface area (Å²) < 4.78 is 6.07. The van der Waals surface area contributed by atoms with Crippen molar-refractivity contribution in [3.8, 4) is 5.75 Å². The molecule has 1 saturated heterocycles. The highest BCUT2D eigenvalue weighted by atomic mass is 16.5. The van der Waals surface area contributed by atoms with Crippen LogP contribution in [-0.2, 0) is 4.79 Å². The fraction of sp³-hybridized carbons (Fsp3) is 0.269. The Labute approximate surface area is 178 Å². The summed E-state index contributed by atoms with van der Waals surface area (Å²) in [5.74, 6) is 0.820. The second-order valence-corrected chi connectivity index (χ2v) is 7.68. The van der Waals surface area contributed by atoms with Crippen molar-refractivity contribution in [3.05, 3.63) is 84.4 Å². The number of rotatable bonds is 6. The molecule has 1 amide bonds. The number of amides is 1. The van der Waals surface area contributed by atoms with Crippen LogP contribution in [0.15, 0.2) is 78.9 Å². The first-order valence-electron chi connectivity index (χ1n) is 10.6. The van der Waals surface area contributed by atoms with Crippen LogP contribution in [0, 0.1) is 0 Å². The maximum Gasteiger partial charge on any atom is 0.263 e. The summed E-state index contributed by atoms with van der Waals surface area (Å²) in [7, 11) is 0. The monoisotopic (exact) mass is 400 g/mol. The molecule has 0 aliphatic carbocycles. The molecule has 1 aliphatic heterocycles. The number of piperazine rings is 1.